The lowest BCUT2D eigenvalue weighted by Gasteiger charge is -2.20. The fraction of sp³-hybridized carbons (Fsp3) is 0.704. The number of unbranched alkanes of at least 4 members (excludes halogenated alkanes) is 12. The maximum atomic E-state index is 11.9. The smallest absolute Gasteiger partial charge is 0.240 e. The standard InChI is InChI=1S/C27H47N3O/c1-4-7-8-9-10-11-12-13-14-15-16-17-18-19-27(31)29-28-24-25-20-22-26(23-21-25)30(5-2)6-3/h20-24H,4-19H2,1-3H3,(H,29,31). The summed E-state index contributed by atoms with van der Waals surface area (Å²) in [7, 11) is 0. The minimum atomic E-state index is 0.0130. The molecule has 0 spiro atoms. The number of nitrogens with zero attached hydrogens (tertiary/aromatic N) is 2. The van der Waals surface area contributed by atoms with E-state index in [0.29, 0.717) is 6.42 Å². The van der Waals surface area contributed by atoms with E-state index in [1.54, 1.807) is 6.21 Å². The van der Waals surface area contributed by atoms with E-state index in [4.69, 9.17) is 0 Å². The monoisotopic (exact) mass is 429 g/mol. The molecule has 0 aliphatic carbocycles. The fourth-order valence-electron chi connectivity index (χ4n) is 3.90. The molecule has 1 aromatic rings. The van der Waals surface area contributed by atoms with Gasteiger partial charge in [0.05, 0.1) is 6.21 Å². The molecule has 1 aromatic carbocycles. The molecule has 0 aromatic heterocycles. The van der Waals surface area contributed by atoms with E-state index in [0.717, 1.165) is 31.5 Å². The summed E-state index contributed by atoms with van der Waals surface area (Å²) in [5.74, 6) is 0.0130. The van der Waals surface area contributed by atoms with E-state index in [9.17, 15) is 4.79 Å². The molecule has 0 radical (unpaired) electrons. The van der Waals surface area contributed by atoms with Crippen LogP contribution in [0.15, 0.2) is 29.4 Å². The average molecular weight is 430 g/mol. The number of carbonyl (C=O) groups is 1. The van der Waals surface area contributed by atoms with Crippen LogP contribution >= 0.6 is 0 Å². The maximum absolute atomic E-state index is 11.9. The molecular weight excluding hydrogens is 382 g/mol. The van der Waals surface area contributed by atoms with Gasteiger partial charge in [-0.1, -0.05) is 96.1 Å². The van der Waals surface area contributed by atoms with Gasteiger partial charge in [0.15, 0.2) is 0 Å². The third kappa shape index (κ3) is 14.0. The minimum absolute atomic E-state index is 0.0130. The van der Waals surface area contributed by atoms with Crippen LogP contribution in [-0.2, 0) is 4.79 Å². The first kappa shape index (κ1) is 27.2. The summed E-state index contributed by atoms with van der Waals surface area (Å²) in [4.78, 5) is 14.2. The summed E-state index contributed by atoms with van der Waals surface area (Å²) in [6.45, 7) is 8.59. The molecule has 4 nitrogen and oxygen atoms in total. The van der Waals surface area contributed by atoms with Crippen molar-refractivity contribution in [2.45, 2.75) is 111 Å². The van der Waals surface area contributed by atoms with Crippen molar-refractivity contribution < 1.29 is 4.79 Å². The summed E-state index contributed by atoms with van der Waals surface area (Å²) in [6, 6.07) is 8.28. The quantitative estimate of drug-likeness (QED) is 0.141. The van der Waals surface area contributed by atoms with E-state index in [2.05, 4.69) is 48.3 Å². The molecular formula is C27H47N3O. The van der Waals surface area contributed by atoms with E-state index in [1.165, 1.54) is 76.3 Å². The van der Waals surface area contributed by atoms with Gasteiger partial charge in [0.2, 0.25) is 5.91 Å². The minimum Gasteiger partial charge on any atom is -0.372 e. The molecule has 1 N–H and O–H groups in total. The molecule has 0 saturated carbocycles. The van der Waals surface area contributed by atoms with Crippen molar-refractivity contribution in [2.75, 3.05) is 18.0 Å². The fourth-order valence-corrected chi connectivity index (χ4v) is 3.90. The van der Waals surface area contributed by atoms with Crippen molar-refractivity contribution in [1.82, 2.24) is 5.43 Å². The first-order chi connectivity index (χ1) is 15.2. The van der Waals surface area contributed by atoms with E-state index in [1.807, 2.05) is 12.1 Å². The molecule has 0 atom stereocenters. The SMILES string of the molecule is CCCCCCCCCCCCCCCC(=O)NN=Cc1ccc(N(CC)CC)cc1. The highest BCUT2D eigenvalue weighted by molar-refractivity contribution is 5.82. The van der Waals surface area contributed by atoms with Crippen LogP contribution in [0.5, 0.6) is 0 Å². The molecule has 0 unspecified atom stereocenters. The van der Waals surface area contributed by atoms with E-state index < -0.39 is 0 Å². The van der Waals surface area contributed by atoms with Gasteiger partial charge in [-0.3, -0.25) is 4.79 Å². The van der Waals surface area contributed by atoms with Crippen LogP contribution < -0.4 is 10.3 Å². The molecule has 0 saturated heterocycles. The summed E-state index contributed by atoms with van der Waals surface area (Å²) in [5.41, 5.74) is 4.87. The topological polar surface area (TPSA) is 44.7 Å². The zero-order valence-corrected chi connectivity index (χ0v) is 20.5. The Bertz CT molecular complexity index is 579. The molecule has 4 heteroatoms. The summed E-state index contributed by atoms with van der Waals surface area (Å²) in [5, 5.41) is 4.10. The number of rotatable bonds is 19. The predicted octanol–water partition coefficient (Wildman–Crippen LogP) is 7.46. The molecule has 0 heterocycles. The van der Waals surface area contributed by atoms with Crippen molar-refractivity contribution in [3.05, 3.63) is 29.8 Å². The Kier molecular flexibility index (Phi) is 16.6. The molecule has 0 fully saturated rings. The Morgan fingerprint density at radius 2 is 1.26 bits per heavy atom. The number of anilines is 1. The van der Waals surface area contributed by atoms with Crippen molar-refractivity contribution in [3.63, 3.8) is 0 Å². The Morgan fingerprint density at radius 3 is 1.74 bits per heavy atom. The second-order valence-electron chi connectivity index (χ2n) is 8.55. The van der Waals surface area contributed by atoms with Crippen LogP contribution in [-0.4, -0.2) is 25.2 Å². The number of nitrogens with one attached hydrogen (secondary N) is 1. The van der Waals surface area contributed by atoms with Gasteiger partial charge in [0.25, 0.3) is 0 Å². The van der Waals surface area contributed by atoms with Crippen LogP contribution in [0.1, 0.15) is 116 Å². The van der Waals surface area contributed by atoms with Gasteiger partial charge in [-0.05, 0) is 38.0 Å². The second-order valence-corrected chi connectivity index (χ2v) is 8.55. The lowest BCUT2D eigenvalue weighted by atomic mass is 10.0. The molecule has 1 rings (SSSR count). The number of hydrogen-bond donors (Lipinski definition) is 1. The Hall–Kier alpha value is -1.84. The van der Waals surface area contributed by atoms with Gasteiger partial charge in [-0.25, -0.2) is 5.43 Å². The zero-order valence-electron chi connectivity index (χ0n) is 20.5. The number of carbonyl (C=O) groups excluding carboxylic acids is 1. The highest BCUT2D eigenvalue weighted by Gasteiger charge is 2.01. The average Bonchev–Trinajstić information content (AvgIpc) is 2.79. The highest BCUT2D eigenvalue weighted by Crippen LogP contribution is 2.14. The molecule has 31 heavy (non-hydrogen) atoms. The first-order valence-corrected chi connectivity index (χ1v) is 12.9. The number of benzene rings is 1. The Balaban J connectivity index is 2.00. The van der Waals surface area contributed by atoms with Crippen molar-refractivity contribution in [2.24, 2.45) is 5.10 Å². The van der Waals surface area contributed by atoms with Crippen LogP contribution in [0, 0.1) is 0 Å². The van der Waals surface area contributed by atoms with E-state index in [-0.39, 0.29) is 5.91 Å². The molecule has 0 bridgehead atoms. The first-order valence-electron chi connectivity index (χ1n) is 12.9. The van der Waals surface area contributed by atoms with Crippen LogP contribution in [0.4, 0.5) is 5.69 Å². The largest absolute Gasteiger partial charge is 0.372 e. The maximum Gasteiger partial charge on any atom is 0.240 e. The predicted molar refractivity (Wildman–Crippen MR) is 136 cm³/mol. The van der Waals surface area contributed by atoms with Crippen molar-refractivity contribution >= 4 is 17.8 Å². The van der Waals surface area contributed by atoms with E-state index >= 15 is 0 Å². The third-order valence-corrected chi connectivity index (χ3v) is 5.93. The summed E-state index contributed by atoms with van der Waals surface area (Å²) in [6.07, 6.45) is 19.4. The molecule has 0 aliphatic heterocycles. The van der Waals surface area contributed by atoms with Crippen molar-refractivity contribution in [1.29, 1.82) is 0 Å². The van der Waals surface area contributed by atoms with Gasteiger partial charge in [0.1, 0.15) is 0 Å². The van der Waals surface area contributed by atoms with Crippen LogP contribution in [0.25, 0.3) is 0 Å². The van der Waals surface area contributed by atoms with Gasteiger partial charge in [-0.2, -0.15) is 5.10 Å². The summed E-state index contributed by atoms with van der Waals surface area (Å²) >= 11 is 0. The number of amides is 1. The zero-order chi connectivity index (χ0) is 22.6. The lowest BCUT2D eigenvalue weighted by molar-refractivity contribution is -0.121. The van der Waals surface area contributed by atoms with Crippen LogP contribution in [0.3, 0.4) is 0 Å². The van der Waals surface area contributed by atoms with Crippen LogP contribution in [0.2, 0.25) is 0 Å². The second kappa shape index (κ2) is 18.9. The van der Waals surface area contributed by atoms with Crippen molar-refractivity contribution in [3.8, 4) is 0 Å². The van der Waals surface area contributed by atoms with Gasteiger partial charge < -0.3 is 4.90 Å². The number of hydrazone groups is 1. The molecule has 0 aliphatic rings. The van der Waals surface area contributed by atoms with Gasteiger partial charge in [0, 0.05) is 25.2 Å². The van der Waals surface area contributed by atoms with Gasteiger partial charge in [-0.15, -0.1) is 0 Å². The Morgan fingerprint density at radius 1 is 0.774 bits per heavy atom. The lowest BCUT2D eigenvalue weighted by Crippen LogP contribution is -2.21. The highest BCUT2D eigenvalue weighted by atomic mass is 16.2. The molecule has 1 amide bonds. The third-order valence-electron chi connectivity index (χ3n) is 5.93. The number of hydrogen-bond acceptors (Lipinski definition) is 3. The molecule has 176 valence electrons. The van der Waals surface area contributed by atoms with Gasteiger partial charge >= 0.3 is 0 Å². The summed E-state index contributed by atoms with van der Waals surface area (Å²) < 4.78 is 0. The normalized spacial score (nSPS) is 11.2. The Labute approximate surface area is 191 Å².